The molecule has 15 heavy (non-hydrogen) atoms. The summed E-state index contributed by atoms with van der Waals surface area (Å²) in [5.41, 5.74) is 0.562. The average Bonchev–Trinajstić information content (AvgIpc) is 2.71. The molecular formula is C8H6BrN3O3. The van der Waals surface area contributed by atoms with Gasteiger partial charge in [-0.15, -0.1) is 0 Å². The van der Waals surface area contributed by atoms with Gasteiger partial charge in [-0.3, -0.25) is 0 Å². The SMILES string of the molecule is Cn1ncnc1-c1cc(C(=O)O)oc1Br. The van der Waals surface area contributed by atoms with Gasteiger partial charge in [-0.1, -0.05) is 0 Å². The summed E-state index contributed by atoms with van der Waals surface area (Å²) < 4.78 is 6.85. The highest BCUT2D eigenvalue weighted by Crippen LogP contribution is 2.29. The van der Waals surface area contributed by atoms with Crippen LogP contribution in [0.2, 0.25) is 0 Å². The minimum absolute atomic E-state index is 0.139. The summed E-state index contributed by atoms with van der Waals surface area (Å²) in [6.45, 7) is 0. The number of carbonyl (C=O) groups is 1. The zero-order chi connectivity index (χ0) is 11.0. The molecule has 0 aliphatic carbocycles. The number of hydrogen-bond donors (Lipinski definition) is 1. The Morgan fingerprint density at radius 3 is 2.87 bits per heavy atom. The number of furan rings is 1. The predicted octanol–water partition coefficient (Wildman–Crippen LogP) is 1.54. The van der Waals surface area contributed by atoms with E-state index in [1.165, 1.54) is 17.1 Å². The van der Waals surface area contributed by atoms with Gasteiger partial charge in [-0.05, 0) is 15.9 Å². The van der Waals surface area contributed by atoms with Gasteiger partial charge in [0.15, 0.2) is 10.5 Å². The molecule has 7 heteroatoms. The second-order valence-corrected chi connectivity index (χ2v) is 3.53. The Kier molecular flexibility index (Phi) is 2.31. The summed E-state index contributed by atoms with van der Waals surface area (Å²) in [5, 5.41) is 12.6. The molecule has 2 aromatic heterocycles. The Bertz CT molecular complexity index is 517. The van der Waals surface area contributed by atoms with Crippen LogP contribution < -0.4 is 0 Å². The van der Waals surface area contributed by atoms with E-state index in [4.69, 9.17) is 9.52 Å². The summed E-state index contributed by atoms with van der Waals surface area (Å²) in [6, 6.07) is 1.40. The summed E-state index contributed by atoms with van der Waals surface area (Å²) >= 11 is 3.13. The molecular weight excluding hydrogens is 266 g/mol. The van der Waals surface area contributed by atoms with Crippen LogP contribution in [-0.4, -0.2) is 25.8 Å². The first-order valence-corrected chi connectivity index (χ1v) is 4.76. The fourth-order valence-corrected chi connectivity index (χ4v) is 1.63. The molecule has 2 heterocycles. The number of nitrogens with zero attached hydrogens (tertiary/aromatic N) is 3. The first-order chi connectivity index (χ1) is 7.09. The zero-order valence-electron chi connectivity index (χ0n) is 7.64. The van der Waals surface area contributed by atoms with E-state index in [-0.39, 0.29) is 5.76 Å². The van der Waals surface area contributed by atoms with Gasteiger partial charge in [-0.2, -0.15) is 5.10 Å². The van der Waals surface area contributed by atoms with Crippen molar-refractivity contribution >= 4 is 21.9 Å². The van der Waals surface area contributed by atoms with Gasteiger partial charge in [-0.25, -0.2) is 14.5 Å². The molecule has 0 saturated heterocycles. The molecule has 0 unspecified atom stereocenters. The Hall–Kier alpha value is -1.63. The fraction of sp³-hybridized carbons (Fsp3) is 0.125. The molecule has 2 aromatic rings. The summed E-state index contributed by atoms with van der Waals surface area (Å²) in [5.74, 6) is -0.720. The molecule has 0 fully saturated rings. The molecule has 0 radical (unpaired) electrons. The van der Waals surface area contributed by atoms with Gasteiger partial charge in [0.25, 0.3) is 0 Å². The first kappa shape index (κ1) is 9.91. The third-order valence-corrected chi connectivity index (χ3v) is 2.44. The third-order valence-electron chi connectivity index (χ3n) is 1.85. The van der Waals surface area contributed by atoms with Crippen LogP contribution >= 0.6 is 15.9 Å². The van der Waals surface area contributed by atoms with Gasteiger partial charge < -0.3 is 9.52 Å². The van der Waals surface area contributed by atoms with E-state index in [1.807, 2.05) is 0 Å². The highest BCUT2D eigenvalue weighted by molar-refractivity contribution is 9.10. The van der Waals surface area contributed by atoms with Crippen molar-refractivity contribution in [2.24, 2.45) is 7.05 Å². The number of carboxylic acids is 1. The standard InChI is InChI=1S/C8H6BrN3O3/c1-12-7(10-3-11-12)4-2-5(8(13)14)15-6(4)9/h2-3H,1H3,(H,13,14). The Morgan fingerprint density at radius 2 is 2.40 bits per heavy atom. The van der Waals surface area contributed by atoms with Crippen LogP contribution in [-0.2, 0) is 7.05 Å². The van der Waals surface area contributed by atoms with Crippen molar-refractivity contribution < 1.29 is 14.3 Å². The number of aryl methyl sites for hydroxylation is 1. The van der Waals surface area contributed by atoms with E-state index in [9.17, 15) is 4.79 Å². The lowest BCUT2D eigenvalue weighted by atomic mass is 10.3. The minimum atomic E-state index is -1.12. The maximum atomic E-state index is 10.7. The van der Waals surface area contributed by atoms with E-state index in [2.05, 4.69) is 26.0 Å². The summed E-state index contributed by atoms with van der Waals surface area (Å²) in [7, 11) is 1.71. The second kappa shape index (κ2) is 3.50. The lowest BCUT2D eigenvalue weighted by Gasteiger charge is -1.94. The van der Waals surface area contributed by atoms with E-state index in [0.29, 0.717) is 16.1 Å². The molecule has 2 rings (SSSR count). The van der Waals surface area contributed by atoms with Crippen LogP contribution in [0, 0.1) is 0 Å². The number of aromatic nitrogens is 3. The van der Waals surface area contributed by atoms with Crippen molar-refractivity contribution in [3.05, 3.63) is 22.8 Å². The molecule has 0 aromatic carbocycles. The highest BCUT2D eigenvalue weighted by atomic mass is 79.9. The van der Waals surface area contributed by atoms with Gasteiger partial charge in [0.05, 0.1) is 5.56 Å². The van der Waals surface area contributed by atoms with E-state index < -0.39 is 5.97 Å². The van der Waals surface area contributed by atoms with Gasteiger partial charge in [0, 0.05) is 13.1 Å². The van der Waals surface area contributed by atoms with E-state index in [1.54, 1.807) is 7.05 Å². The largest absolute Gasteiger partial charge is 0.475 e. The molecule has 0 aliphatic heterocycles. The Balaban J connectivity index is 2.54. The molecule has 78 valence electrons. The molecule has 6 nitrogen and oxygen atoms in total. The van der Waals surface area contributed by atoms with Crippen molar-refractivity contribution in [3.8, 4) is 11.4 Å². The molecule has 0 spiro atoms. The monoisotopic (exact) mass is 271 g/mol. The quantitative estimate of drug-likeness (QED) is 0.896. The van der Waals surface area contributed by atoms with Gasteiger partial charge >= 0.3 is 5.97 Å². The van der Waals surface area contributed by atoms with Crippen LogP contribution in [0.25, 0.3) is 11.4 Å². The number of hydrogen-bond acceptors (Lipinski definition) is 4. The van der Waals surface area contributed by atoms with Crippen molar-refractivity contribution in [3.63, 3.8) is 0 Å². The topological polar surface area (TPSA) is 81.2 Å². The number of aromatic carboxylic acids is 1. The van der Waals surface area contributed by atoms with Crippen LogP contribution in [0.15, 0.2) is 21.5 Å². The zero-order valence-corrected chi connectivity index (χ0v) is 9.22. The maximum absolute atomic E-state index is 10.7. The normalized spacial score (nSPS) is 10.5. The van der Waals surface area contributed by atoms with Gasteiger partial charge in [0.1, 0.15) is 6.33 Å². The number of halogens is 1. The molecule has 1 N–H and O–H groups in total. The highest BCUT2D eigenvalue weighted by Gasteiger charge is 2.18. The third kappa shape index (κ3) is 1.65. The van der Waals surface area contributed by atoms with Crippen LogP contribution in [0.1, 0.15) is 10.6 Å². The molecule has 0 amide bonds. The minimum Gasteiger partial charge on any atom is -0.475 e. The fourth-order valence-electron chi connectivity index (χ4n) is 1.17. The summed E-state index contributed by atoms with van der Waals surface area (Å²) in [6.07, 6.45) is 1.38. The molecule has 0 atom stereocenters. The van der Waals surface area contributed by atoms with Crippen molar-refractivity contribution in [1.82, 2.24) is 14.8 Å². The predicted molar refractivity (Wildman–Crippen MR) is 53.4 cm³/mol. The Morgan fingerprint density at radius 1 is 1.67 bits per heavy atom. The van der Waals surface area contributed by atoms with Crippen LogP contribution in [0.4, 0.5) is 0 Å². The lowest BCUT2D eigenvalue weighted by Crippen LogP contribution is -1.94. The van der Waals surface area contributed by atoms with Crippen molar-refractivity contribution in [1.29, 1.82) is 0 Å². The number of carboxylic acid groups (broad SMARTS) is 1. The summed E-state index contributed by atoms with van der Waals surface area (Å²) in [4.78, 5) is 14.7. The molecule has 0 bridgehead atoms. The average molecular weight is 272 g/mol. The molecule has 0 aliphatic rings. The van der Waals surface area contributed by atoms with Crippen molar-refractivity contribution in [2.75, 3.05) is 0 Å². The van der Waals surface area contributed by atoms with E-state index >= 15 is 0 Å². The number of rotatable bonds is 2. The Labute approximate surface area is 92.7 Å². The maximum Gasteiger partial charge on any atom is 0.371 e. The lowest BCUT2D eigenvalue weighted by molar-refractivity contribution is 0.0661. The van der Waals surface area contributed by atoms with Crippen molar-refractivity contribution in [2.45, 2.75) is 0 Å². The van der Waals surface area contributed by atoms with Crippen LogP contribution in [0.5, 0.6) is 0 Å². The van der Waals surface area contributed by atoms with Crippen LogP contribution in [0.3, 0.4) is 0 Å². The second-order valence-electron chi connectivity index (χ2n) is 2.81. The first-order valence-electron chi connectivity index (χ1n) is 3.96. The smallest absolute Gasteiger partial charge is 0.371 e. The van der Waals surface area contributed by atoms with Gasteiger partial charge in [0.2, 0.25) is 5.76 Å². The molecule has 0 saturated carbocycles. The van der Waals surface area contributed by atoms with E-state index in [0.717, 1.165) is 0 Å².